The zero-order valence-corrected chi connectivity index (χ0v) is 27.1. The molecule has 13 heteroatoms. The number of carbonyl (C=O) groups is 1. The summed E-state index contributed by atoms with van der Waals surface area (Å²) in [7, 11) is -2.72. The van der Waals surface area contributed by atoms with E-state index in [4.69, 9.17) is 18.9 Å². The Hall–Kier alpha value is -4.78. The van der Waals surface area contributed by atoms with E-state index in [9.17, 15) is 13.2 Å². The second-order valence-corrected chi connectivity index (χ2v) is 13.7. The minimum absolute atomic E-state index is 0.00595. The number of aromatic nitrogens is 4. The van der Waals surface area contributed by atoms with Gasteiger partial charge in [0.15, 0.2) is 23.1 Å². The van der Waals surface area contributed by atoms with Gasteiger partial charge in [-0.3, -0.25) is 9.52 Å². The Morgan fingerprint density at radius 3 is 2.07 bits per heavy atom. The van der Waals surface area contributed by atoms with Crippen molar-refractivity contribution >= 4 is 21.8 Å². The van der Waals surface area contributed by atoms with Crippen molar-refractivity contribution in [1.29, 1.82) is 0 Å². The zero-order chi connectivity index (χ0) is 32.8. The van der Waals surface area contributed by atoms with Crippen LogP contribution >= 0.6 is 0 Å². The molecule has 2 heterocycles. The largest absolute Gasteiger partial charge is 0.493 e. The van der Waals surface area contributed by atoms with Gasteiger partial charge >= 0.3 is 5.97 Å². The number of ether oxygens (including phenoxy) is 4. The van der Waals surface area contributed by atoms with Gasteiger partial charge in [0.1, 0.15) is 13.2 Å². The molecule has 0 unspecified atom stereocenters. The molecule has 0 saturated heterocycles. The smallest absolute Gasteiger partial charge is 0.311 e. The number of nitrogens with one attached hydrogen (secondary N) is 1. The molecule has 0 aliphatic carbocycles. The van der Waals surface area contributed by atoms with Crippen LogP contribution in [-0.4, -0.2) is 54.6 Å². The first-order chi connectivity index (χ1) is 21.2. The Labute approximate surface area is 263 Å². The van der Waals surface area contributed by atoms with E-state index < -0.39 is 21.4 Å². The van der Waals surface area contributed by atoms with Crippen LogP contribution in [0.4, 0.5) is 5.82 Å². The van der Waals surface area contributed by atoms with Crippen molar-refractivity contribution < 1.29 is 32.2 Å². The molecule has 0 aliphatic heterocycles. The number of carbonyl (C=O) groups excluding carboxylic acids is 1. The summed E-state index contributed by atoms with van der Waals surface area (Å²) in [6.07, 6.45) is 3.00. The minimum Gasteiger partial charge on any atom is -0.493 e. The van der Waals surface area contributed by atoms with Crippen LogP contribution in [0, 0.1) is 5.41 Å². The van der Waals surface area contributed by atoms with Crippen LogP contribution in [-0.2, 0) is 25.0 Å². The maximum Gasteiger partial charge on any atom is 0.311 e. The van der Waals surface area contributed by atoms with Gasteiger partial charge in [-0.1, -0.05) is 45.0 Å². The molecule has 2 aromatic carbocycles. The van der Waals surface area contributed by atoms with Gasteiger partial charge in [0.05, 0.1) is 17.4 Å². The number of nitrogens with zero attached hydrogens (tertiary/aromatic N) is 4. The van der Waals surface area contributed by atoms with Gasteiger partial charge in [-0.15, -0.1) is 0 Å². The summed E-state index contributed by atoms with van der Waals surface area (Å²) >= 11 is 0. The van der Waals surface area contributed by atoms with Gasteiger partial charge in [0, 0.05) is 12.4 Å². The van der Waals surface area contributed by atoms with Crippen LogP contribution in [0.5, 0.6) is 23.1 Å². The summed E-state index contributed by atoms with van der Waals surface area (Å²) in [6.45, 7) is 11.1. The van der Waals surface area contributed by atoms with Gasteiger partial charge in [-0.2, -0.15) is 4.98 Å². The standard InChI is InChI=1S/C32H37N5O7S/c1-31(2,3)21-13-15-22(16-14-21)45(39,40)37-26-25(44-24-12-9-8-11-23(24)41-7)29(42-19-20-43-30(38)32(4,5)6)36-28(35-26)27-33-17-10-18-34-27/h8-18H,19-20H2,1-7H3,(H,35,36,37). The Bertz CT molecular complexity index is 1730. The van der Waals surface area contributed by atoms with Gasteiger partial charge in [-0.25, -0.2) is 23.4 Å². The number of benzene rings is 2. The summed E-state index contributed by atoms with van der Waals surface area (Å²) in [6, 6.07) is 15.0. The number of sulfonamides is 1. The number of hydrogen-bond acceptors (Lipinski definition) is 11. The number of anilines is 1. The Morgan fingerprint density at radius 1 is 0.822 bits per heavy atom. The third kappa shape index (κ3) is 8.44. The average molecular weight is 636 g/mol. The molecule has 0 atom stereocenters. The summed E-state index contributed by atoms with van der Waals surface area (Å²) in [5.74, 6) is -0.271. The average Bonchev–Trinajstić information content (AvgIpc) is 3.00. The van der Waals surface area contributed by atoms with Crippen molar-refractivity contribution in [3.8, 4) is 34.8 Å². The topological polar surface area (TPSA) is 152 Å². The van der Waals surface area contributed by atoms with E-state index in [2.05, 4.69) is 24.7 Å². The Morgan fingerprint density at radius 2 is 1.47 bits per heavy atom. The van der Waals surface area contributed by atoms with Crippen LogP contribution in [0.3, 0.4) is 0 Å². The third-order valence-electron chi connectivity index (χ3n) is 6.31. The molecule has 0 bridgehead atoms. The third-order valence-corrected chi connectivity index (χ3v) is 7.67. The first-order valence-electron chi connectivity index (χ1n) is 14.1. The van der Waals surface area contributed by atoms with Gasteiger partial charge in [0.25, 0.3) is 15.9 Å². The predicted molar refractivity (Wildman–Crippen MR) is 168 cm³/mol. The van der Waals surface area contributed by atoms with Crippen LogP contribution in [0.15, 0.2) is 71.9 Å². The van der Waals surface area contributed by atoms with Crippen molar-refractivity contribution in [1.82, 2.24) is 19.9 Å². The first-order valence-corrected chi connectivity index (χ1v) is 15.6. The van der Waals surface area contributed by atoms with Crippen LogP contribution in [0.1, 0.15) is 47.1 Å². The highest BCUT2D eigenvalue weighted by Gasteiger charge is 2.27. The lowest BCUT2D eigenvalue weighted by Crippen LogP contribution is -2.25. The highest BCUT2D eigenvalue weighted by Crippen LogP contribution is 2.41. The molecule has 2 aromatic heterocycles. The summed E-state index contributed by atoms with van der Waals surface area (Å²) < 4.78 is 52.8. The van der Waals surface area contributed by atoms with E-state index in [0.29, 0.717) is 5.75 Å². The Kier molecular flexibility index (Phi) is 9.91. The van der Waals surface area contributed by atoms with Gasteiger partial charge in [-0.05, 0) is 62.1 Å². The molecule has 0 radical (unpaired) electrons. The van der Waals surface area contributed by atoms with E-state index in [-0.39, 0.29) is 58.4 Å². The zero-order valence-electron chi connectivity index (χ0n) is 26.3. The molecule has 45 heavy (non-hydrogen) atoms. The normalized spacial score (nSPS) is 11.9. The van der Waals surface area contributed by atoms with E-state index in [1.807, 2.05) is 20.8 Å². The molecule has 0 spiro atoms. The van der Waals surface area contributed by atoms with Gasteiger partial charge < -0.3 is 18.9 Å². The van der Waals surface area contributed by atoms with Crippen LogP contribution < -0.4 is 18.9 Å². The molecule has 0 fully saturated rings. The van der Waals surface area contributed by atoms with Crippen molar-refractivity contribution in [2.75, 3.05) is 25.0 Å². The van der Waals surface area contributed by atoms with Gasteiger partial charge in [0.2, 0.25) is 11.6 Å². The number of rotatable bonds is 11. The highest BCUT2D eigenvalue weighted by atomic mass is 32.2. The van der Waals surface area contributed by atoms with E-state index in [1.54, 1.807) is 63.2 Å². The molecule has 12 nitrogen and oxygen atoms in total. The molecular formula is C32H37N5O7S. The fourth-order valence-corrected chi connectivity index (χ4v) is 4.83. The summed E-state index contributed by atoms with van der Waals surface area (Å²) in [5, 5.41) is 0. The number of methoxy groups -OCH3 is 1. The first kappa shape index (κ1) is 33.1. The van der Waals surface area contributed by atoms with E-state index in [1.165, 1.54) is 31.6 Å². The number of para-hydroxylation sites is 2. The molecule has 4 aromatic rings. The molecule has 0 saturated carbocycles. The summed E-state index contributed by atoms with van der Waals surface area (Å²) in [5.41, 5.74) is 0.0902. The molecule has 0 amide bonds. The second-order valence-electron chi connectivity index (χ2n) is 12.0. The van der Waals surface area contributed by atoms with Crippen molar-refractivity contribution in [2.45, 2.75) is 51.9 Å². The number of hydrogen-bond donors (Lipinski definition) is 1. The number of esters is 1. The lowest BCUT2D eigenvalue weighted by molar-refractivity contribution is -0.153. The molecule has 238 valence electrons. The minimum atomic E-state index is -4.19. The Balaban J connectivity index is 1.80. The fraction of sp³-hybridized carbons (Fsp3) is 0.344. The van der Waals surface area contributed by atoms with E-state index in [0.717, 1.165) is 5.56 Å². The SMILES string of the molecule is COc1ccccc1Oc1c(NS(=O)(=O)c2ccc(C(C)(C)C)cc2)nc(-c2ncccn2)nc1OCCOC(=O)C(C)(C)C. The van der Waals surface area contributed by atoms with Crippen molar-refractivity contribution in [3.63, 3.8) is 0 Å². The lowest BCUT2D eigenvalue weighted by atomic mass is 9.87. The second kappa shape index (κ2) is 13.5. The van der Waals surface area contributed by atoms with Crippen molar-refractivity contribution in [2.24, 2.45) is 5.41 Å². The van der Waals surface area contributed by atoms with E-state index >= 15 is 0 Å². The van der Waals surface area contributed by atoms with Crippen molar-refractivity contribution in [3.05, 3.63) is 72.6 Å². The summed E-state index contributed by atoms with van der Waals surface area (Å²) in [4.78, 5) is 29.6. The quantitative estimate of drug-likeness (QED) is 0.157. The predicted octanol–water partition coefficient (Wildman–Crippen LogP) is 5.80. The maximum atomic E-state index is 13.7. The lowest BCUT2D eigenvalue weighted by Gasteiger charge is -2.20. The fourth-order valence-electron chi connectivity index (χ4n) is 3.83. The molecule has 4 rings (SSSR count). The van der Waals surface area contributed by atoms with Crippen LogP contribution in [0.25, 0.3) is 11.6 Å². The highest BCUT2D eigenvalue weighted by molar-refractivity contribution is 7.92. The molecule has 0 aliphatic rings. The van der Waals surface area contributed by atoms with Crippen LogP contribution in [0.2, 0.25) is 0 Å². The maximum absolute atomic E-state index is 13.7. The molecular weight excluding hydrogens is 598 g/mol. The molecule has 1 N–H and O–H groups in total. The monoisotopic (exact) mass is 635 g/mol.